The third-order valence-electron chi connectivity index (χ3n) is 8.92. The van der Waals surface area contributed by atoms with Gasteiger partial charge in [0.1, 0.15) is 29.3 Å². The van der Waals surface area contributed by atoms with Crippen LogP contribution >= 0.6 is 0 Å². The van der Waals surface area contributed by atoms with Crippen molar-refractivity contribution in [2.45, 2.75) is 122 Å². The van der Waals surface area contributed by atoms with Gasteiger partial charge in [0.05, 0.1) is 11.8 Å². The molecule has 5 amide bonds. The van der Waals surface area contributed by atoms with Crippen LogP contribution in [0, 0.1) is 11.3 Å². The Hall–Kier alpha value is -4.14. The second-order valence-electron chi connectivity index (χ2n) is 15.4. The molecular formula is C35H51N5O9S. The van der Waals surface area contributed by atoms with Crippen molar-refractivity contribution in [3.05, 3.63) is 42.5 Å². The monoisotopic (exact) mass is 717 g/mol. The van der Waals surface area contributed by atoms with E-state index in [2.05, 4.69) is 27.3 Å². The first-order valence-corrected chi connectivity index (χ1v) is 18.6. The number of para-hydroxylation sites is 1. The smallest absolute Gasteiger partial charge is 0.411 e. The molecule has 1 aromatic carbocycles. The maximum absolute atomic E-state index is 14.3. The predicted molar refractivity (Wildman–Crippen MR) is 186 cm³/mol. The fourth-order valence-electron chi connectivity index (χ4n) is 6.05. The van der Waals surface area contributed by atoms with Crippen molar-refractivity contribution < 1.29 is 41.9 Å². The van der Waals surface area contributed by atoms with Crippen molar-refractivity contribution in [2.24, 2.45) is 11.3 Å². The number of amides is 5. The molecule has 1 aliphatic heterocycles. The first-order valence-electron chi connectivity index (χ1n) is 17.1. The molecule has 2 saturated carbocycles. The molecule has 5 atom stereocenters. The van der Waals surface area contributed by atoms with Gasteiger partial charge in [-0.05, 0) is 63.5 Å². The first-order chi connectivity index (χ1) is 23.2. The minimum absolute atomic E-state index is 0.110. The van der Waals surface area contributed by atoms with Crippen LogP contribution in [0.3, 0.4) is 0 Å². The molecule has 14 nitrogen and oxygen atoms in total. The van der Waals surface area contributed by atoms with Crippen LogP contribution < -0.4 is 20.7 Å². The fourth-order valence-corrected chi connectivity index (χ4v) is 7.42. The summed E-state index contributed by atoms with van der Waals surface area (Å²) in [6, 6.07) is 4.90. The fraction of sp³-hybridized carbons (Fsp3) is 0.629. The lowest BCUT2D eigenvalue weighted by Gasteiger charge is -2.36. The van der Waals surface area contributed by atoms with Gasteiger partial charge in [0.2, 0.25) is 21.8 Å². The average molecular weight is 718 g/mol. The van der Waals surface area contributed by atoms with Gasteiger partial charge >= 0.3 is 12.2 Å². The van der Waals surface area contributed by atoms with E-state index in [9.17, 15) is 32.4 Å². The van der Waals surface area contributed by atoms with Crippen molar-refractivity contribution in [2.75, 3.05) is 11.9 Å². The molecule has 276 valence electrons. The largest absolute Gasteiger partial charge is 0.444 e. The number of hydrogen-bond donors (Lipinski definition) is 4. The molecule has 2 aliphatic carbocycles. The Kier molecular flexibility index (Phi) is 11.3. The number of sulfonamides is 1. The summed E-state index contributed by atoms with van der Waals surface area (Å²) in [5, 5.41) is 7.46. The van der Waals surface area contributed by atoms with E-state index in [0.29, 0.717) is 18.5 Å². The SMILES string of the molecule is C=CC1C[C@]1(NC(=O)[C@@H]1C[C@@H](OC(=O)Nc2ccccc2CCC)CN1C(=O)[C@@H](NC(=O)OC(C)(C)C)C(C)(C)C)C(=O)NS(=O)(=O)C1CC1. The van der Waals surface area contributed by atoms with Crippen LogP contribution in [0.2, 0.25) is 0 Å². The van der Waals surface area contributed by atoms with Crippen molar-refractivity contribution in [3.8, 4) is 0 Å². The molecule has 0 bridgehead atoms. The highest BCUT2D eigenvalue weighted by Crippen LogP contribution is 2.45. The van der Waals surface area contributed by atoms with E-state index in [1.165, 1.54) is 11.0 Å². The number of likely N-dealkylation sites (tertiary alicyclic amines) is 1. The summed E-state index contributed by atoms with van der Waals surface area (Å²) < 4.78 is 38.5. The van der Waals surface area contributed by atoms with Crippen LogP contribution in [0.4, 0.5) is 15.3 Å². The number of carbonyl (C=O) groups is 5. The molecule has 50 heavy (non-hydrogen) atoms. The molecule has 1 heterocycles. The normalized spacial score (nSPS) is 24.0. The maximum atomic E-state index is 14.3. The number of carbonyl (C=O) groups excluding carboxylic acids is 5. The molecule has 0 spiro atoms. The highest BCUT2D eigenvalue weighted by atomic mass is 32.2. The molecule has 1 saturated heterocycles. The number of anilines is 1. The van der Waals surface area contributed by atoms with E-state index in [1.54, 1.807) is 53.7 Å². The van der Waals surface area contributed by atoms with Gasteiger partial charge in [-0.15, -0.1) is 6.58 Å². The zero-order chi connectivity index (χ0) is 37.2. The lowest BCUT2D eigenvalue weighted by molar-refractivity contribution is -0.143. The molecule has 4 rings (SSSR count). The summed E-state index contributed by atoms with van der Waals surface area (Å²) in [7, 11) is -3.91. The topological polar surface area (TPSA) is 189 Å². The van der Waals surface area contributed by atoms with Crippen molar-refractivity contribution in [1.82, 2.24) is 20.3 Å². The van der Waals surface area contributed by atoms with Gasteiger partial charge in [0.15, 0.2) is 0 Å². The third-order valence-corrected chi connectivity index (χ3v) is 10.7. The van der Waals surface area contributed by atoms with Gasteiger partial charge < -0.3 is 25.0 Å². The van der Waals surface area contributed by atoms with Gasteiger partial charge in [-0.25, -0.2) is 18.0 Å². The summed E-state index contributed by atoms with van der Waals surface area (Å²) >= 11 is 0. The Morgan fingerprint density at radius 2 is 1.72 bits per heavy atom. The van der Waals surface area contributed by atoms with E-state index in [1.807, 2.05) is 19.1 Å². The van der Waals surface area contributed by atoms with E-state index in [-0.39, 0.29) is 19.4 Å². The average Bonchev–Trinajstić information content (AvgIpc) is 3.92. The van der Waals surface area contributed by atoms with Crippen LogP contribution in [0.5, 0.6) is 0 Å². The lowest BCUT2D eigenvalue weighted by atomic mass is 9.85. The Bertz CT molecular complexity index is 1610. The number of benzene rings is 1. The number of ether oxygens (including phenoxy) is 2. The molecule has 4 N–H and O–H groups in total. The zero-order valence-electron chi connectivity index (χ0n) is 30.0. The van der Waals surface area contributed by atoms with Crippen LogP contribution in [0.25, 0.3) is 0 Å². The number of hydrogen-bond acceptors (Lipinski definition) is 9. The standard InChI is InChI=1S/C35H51N5O9S/c1-9-13-21-14-11-12-15-25(21)36-31(44)48-23-18-26(40(20-23)29(42)27(33(3,4)5)37-32(45)49-34(6,7)8)28(41)38-35(19-22(35)10-2)30(43)39-50(46,47)24-16-17-24/h10-12,14-15,22-24,26-27H,2,9,13,16-20H2,1,3-8H3,(H,36,44)(H,37,45)(H,38,41)(H,39,43)/t22?,23-,26+,27-,35-/m1/s1. The lowest BCUT2D eigenvalue weighted by Crippen LogP contribution is -2.60. The second-order valence-corrected chi connectivity index (χ2v) is 17.4. The molecule has 1 unspecified atom stereocenters. The summed E-state index contributed by atoms with van der Waals surface area (Å²) in [5.41, 5.74) is -1.79. The van der Waals surface area contributed by atoms with Gasteiger partial charge in [-0.1, -0.05) is 58.4 Å². The van der Waals surface area contributed by atoms with Crippen LogP contribution in [-0.2, 0) is 40.3 Å². The Balaban J connectivity index is 1.59. The Labute approximate surface area is 294 Å². The van der Waals surface area contributed by atoms with Crippen LogP contribution in [0.1, 0.15) is 86.1 Å². The number of aryl methyl sites for hydroxylation is 1. The highest BCUT2D eigenvalue weighted by molar-refractivity contribution is 7.91. The zero-order valence-corrected chi connectivity index (χ0v) is 30.8. The van der Waals surface area contributed by atoms with Crippen LogP contribution in [0.15, 0.2) is 36.9 Å². The van der Waals surface area contributed by atoms with Crippen molar-refractivity contribution >= 4 is 45.6 Å². The Morgan fingerprint density at radius 3 is 2.28 bits per heavy atom. The third kappa shape index (κ3) is 9.34. The molecule has 1 aromatic rings. The number of nitrogens with one attached hydrogen (secondary N) is 4. The molecule has 0 radical (unpaired) electrons. The molecule has 3 fully saturated rings. The molecule has 15 heteroatoms. The summed E-state index contributed by atoms with van der Waals surface area (Å²) in [4.78, 5) is 68.9. The van der Waals surface area contributed by atoms with Gasteiger partial charge in [-0.2, -0.15) is 0 Å². The summed E-state index contributed by atoms with van der Waals surface area (Å²) in [5.74, 6) is -2.81. The Morgan fingerprint density at radius 1 is 1.06 bits per heavy atom. The number of alkyl carbamates (subject to hydrolysis) is 1. The van der Waals surface area contributed by atoms with E-state index in [0.717, 1.165) is 18.4 Å². The summed E-state index contributed by atoms with van der Waals surface area (Å²) in [6.45, 7) is 15.8. The number of rotatable bonds is 12. The van der Waals surface area contributed by atoms with Crippen molar-refractivity contribution in [3.63, 3.8) is 0 Å². The second kappa shape index (κ2) is 14.6. The van der Waals surface area contributed by atoms with Gasteiger partial charge in [0.25, 0.3) is 5.91 Å². The van der Waals surface area contributed by atoms with Crippen LogP contribution in [-0.4, -0.2) is 84.3 Å². The number of nitrogens with zero attached hydrogens (tertiary/aromatic N) is 1. The van der Waals surface area contributed by atoms with E-state index in [4.69, 9.17) is 9.47 Å². The molecule has 0 aromatic heterocycles. The van der Waals surface area contributed by atoms with Gasteiger partial charge in [0, 0.05) is 18.0 Å². The highest BCUT2D eigenvalue weighted by Gasteiger charge is 2.62. The minimum atomic E-state index is -3.91. The minimum Gasteiger partial charge on any atom is -0.444 e. The van der Waals surface area contributed by atoms with Crippen molar-refractivity contribution in [1.29, 1.82) is 0 Å². The molecular weight excluding hydrogens is 666 g/mol. The maximum Gasteiger partial charge on any atom is 0.411 e. The first kappa shape index (κ1) is 38.7. The predicted octanol–water partition coefficient (Wildman–Crippen LogP) is 3.77. The summed E-state index contributed by atoms with van der Waals surface area (Å²) in [6.07, 6.45) is 1.38. The van der Waals surface area contributed by atoms with E-state index < -0.39 is 85.8 Å². The van der Waals surface area contributed by atoms with E-state index >= 15 is 0 Å². The quantitative estimate of drug-likeness (QED) is 0.233. The molecule has 3 aliphatic rings. The van der Waals surface area contributed by atoms with Gasteiger partial charge in [-0.3, -0.25) is 24.4 Å².